The van der Waals surface area contributed by atoms with Gasteiger partial charge in [-0.15, -0.1) is 0 Å². The third-order valence-electron chi connectivity index (χ3n) is 4.47. The number of rotatable bonds is 1. The Hall–Kier alpha value is -0.0400. The van der Waals surface area contributed by atoms with Crippen molar-refractivity contribution in [1.29, 1.82) is 0 Å². The van der Waals surface area contributed by atoms with Crippen LogP contribution in [0.2, 0.25) is 0 Å². The van der Waals surface area contributed by atoms with Crippen LogP contribution in [0.15, 0.2) is 0 Å². The Morgan fingerprint density at radius 2 is 1.86 bits per heavy atom. The van der Waals surface area contributed by atoms with Crippen molar-refractivity contribution >= 4 is 0 Å². The van der Waals surface area contributed by atoms with E-state index >= 15 is 0 Å². The van der Waals surface area contributed by atoms with Gasteiger partial charge in [-0.2, -0.15) is 0 Å². The molecule has 0 amide bonds. The molecule has 2 fully saturated rings. The van der Waals surface area contributed by atoms with Crippen LogP contribution in [0.5, 0.6) is 0 Å². The van der Waals surface area contributed by atoms with Crippen LogP contribution in [-0.4, -0.2) is 12.1 Å². The third kappa shape index (κ3) is 1.98. The number of hydrogen-bond acceptors (Lipinski definition) is 1. The summed E-state index contributed by atoms with van der Waals surface area (Å²) in [6, 6.07) is 1.64. The van der Waals surface area contributed by atoms with Crippen molar-refractivity contribution in [3.63, 3.8) is 0 Å². The molecule has 14 heavy (non-hydrogen) atoms. The number of fused-ring (bicyclic) bond motifs is 1. The molecule has 0 radical (unpaired) electrons. The Morgan fingerprint density at radius 1 is 1.07 bits per heavy atom. The lowest BCUT2D eigenvalue weighted by atomic mass is 9.71. The van der Waals surface area contributed by atoms with Gasteiger partial charge in [0, 0.05) is 12.1 Å². The van der Waals surface area contributed by atoms with E-state index in [1.807, 2.05) is 0 Å². The first-order valence-corrected chi connectivity index (χ1v) is 6.44. The molecule has 82 valence electrons. The summed E-state index contributed by atoms with van der Waals surface area (Å²) in [5.74, 6) is 2.77. The van der Waals surface area contributed by atoms with Gasteiger partial charge in [0.15, 0.2) is 0 Å². The van der Waals surface area contributed by atoms with E-state index in [2.05, 4.69) is 26.1 Å². The van der Waals surface area contributed by atoms with Crippen LogP contribution in [0.3, 0.4) is 0 Å². The minimum Gasteiger partial charge on any atom is -0.311 e. The molecule has 1 heterocycles. The zero-order valence-electron chi connectivity index (χ0n) is 9.92. The van der Waals surface area contributed by atoms with E-state index in [9.17, 15) is 0 Å². The molecule has 1 unspecified atom stereocenters. The number of hydrogen-bond donors (Lipinski definition) is 1. The van der Waals surface area contributed by atoms with Gasteiger partial charge in [0.25, 0.3) is 0 Å². The summed E-state index contributed by atoms with van der Waals surface area (Å²) >= 11 is 0. The Kier molecular flexibility index (Phi) is 3.16. The first kappa shape index (κ1) is 10.5. The zero-order chi connectivity index (χ0) is 10.1. The van der Waals surface area contributed by atoms with Crippen molar-refractivity contribution in [3.05, 3.63) is 0 Å². The summed E-state index contributed by atoms with van der Waals surface area (Å²) in [7, 11) is 0. The summed E-state index contributed by atoms with van der Waals surface area (Å²) in [5, 5.41) is 3.89. The fourth-order valence-corrected chi connectivity index (χ4v) is 3.43. The van der Waals surface area contributed by atoms with Gasteiger partial charge in [0.05, 0.1) is 0 Å². The molecular formula is C13H25N. The van der Waals surface area contributed by atoms with Crippen molar-refractivity contribution in [1.82, 2.24) is 5.32 Å². The van der Waals surface area contributed by atoms with E-state index in [0.717, 1.165) is 29.8 Å². The van der Waals surface area contributed by atoms with Crippen LogP contribution in [0.4, 0.5) is 0 Å². The number of nitrogens with one attached hydrogen (secondary N) is 1. The molecule has 1 saturated carbocycles. The van der Waals surface area contributed by atoms with Crippen molar-refractivity contribution < 1.29 is 0 Å². The average Bonchev–Trinajstić information content (AvgIpc) is 2.17. The zero-order valence-corrected chi connectivity index (χ0v) is 9.92. The van der Waals surface area contributed by atoms with Gasteiger partial charge in [0.1, 0.15) is 0 Å². The standard InChI is InChI=1S/C13H25N/c1-9(2)12-8-7-11-10(3)5-4-6-13(11)14-12/h9-14H,4-8H2,1-3H3/t10-,11+,12?,13-/m0/s1. The largest absolute Gasteiger partial charge is 0.311 e. The third-order valence-corrected chi connectivity index (χ3v) is 4.47. The molecular weight excluding hydrogens is 170 g/mol. The molecule has 1 heteroatoms. The summed E-state index contributed by atoms with van der Waals surface area (Å²) in [4.78, 5) is 0. The molecule has 1 nitrogen and oxygen atoms in total. The maximum absolute atomic E-state index is 3.89. The smallest absolute Gasteiger partial charge is 0.0101 e. The van der Waals surface area contributed by atoms with E-state index in [4.69, 9.17) is 0 Å². The molecule has 2 aliphatic rings. The van der Waals surface area contributed by atoms with Crippen LogP contribution in [0, 0.1) is 17.8 Å². The second-order valence-corrected chi connectivity index (χ2v) is 5.77. The monoisotopic (exact) mass is 195 g/mol. The predicted octanol–water partition coefficient (Wildman–Crippen LogP) is 3.20. The Morgan fingerprint density at radius 3 is 2.57 bits per heavy atom. The fourth-order valence-electron chi connectivity index (χ4n) is 3.43. The summed E-state index contributed by atoms with van der Waals surface area (Å²) in [6.07, 6.45) is 7.22. The van der Waals surface area contributed by atoms with E-state index in [-0.39, 0.29) is 0 Å². The second kappa shape index (κ2) is 4.22. The molecule has 0 spiro atoms. The van der Waals surface area contributed by atoms with Gasteiger partial charge in [-0.1, -0.05) is 33.6 Å². The van der Waals surface area contributed by atoms with Gasteiger partial charge >= 0.3 is 0 Å². The Balaban J connectivity index is 1.96. The van der Waals surface area contributed by atoms with E-state index in [1.165, 1.54) is 32.1 Å². The molecule has 1 saturated heterocycles. The maximum Gasteiger partial charge on any atom is 0.0101 e. The predicted molar refractivity (Wildman–Crippen MR) is 61.3 cm³/mol. The average molecular weight is 195 g/mol. The fraction of sp³-hybridized carbons (Fsp3) is 1.00. The number of piperidine rings is 1. The lowest BCUT2D eigenvalue weighted by molar-refractivity contribution is 0.111. The van der Waals surface area contributed by atoms with Crippen molar-refractivity contribution in [2.45, 2.75) is 65.0 Å². The quantitative estimate of drug-likeness (QED) is 0.677. The van der Waals surface area contributed by atoms with Gasteiger partial charge in [0.2, 0.25) is 0 Å². The van der Waals surface area contributed by atoms with Crippen molar-refractivity contribution in [3.8, 4) is 0 Å². The van der Waals surface area contributed by atoms with Gasteiger partial charge in [-0.05, 0) is 37.0 Å². The molecule has 1 aliphatic carbocycles. The highest BCUT2D eigenvalue weighted by Crippen LogP contribution is 2.37. The molecule has 0 aromatic carbocycles. The van der Waals surface area contributed by atoms with E-state index in [0.29, 0.717) is 0 Å². The van der Waals surface area contributed by atoms with Gasteiger partial charge < -0.3 is 5.32 Å². The molecule has 0 bridgehead atoms. The Labute approximate surface area is 88.7 Å². The molecule has 1 aliphatic heterocycles. The highest BCUT2D eigenvalue weighted by molar-refractivity contribution is 4.92. The SMILES string of the molecule is CC(C)C1CC[C@H]2[C@H](CCC[C@@H]2C)N1. The molecule has 0 aromatic heterocycles. The molecule has 2 rings (SSSR count). The molecule has 1 N–H and O–H groups in total. The minimum atomic E-state index is 0.793. The van der Waals surface area contributed by atoms with Gasteiger partial charge in [-0.25, -0.2) is 0 Å². The first-order chi connectivity index (χ1) is 6.68. The van der Waals surface area contributed by atoms with Crippen molar-refractivity contribution in [2.75, 3.05) is 0 Å². The van der Waals surface area contributed by atoms with Gasteiger partial charge in [-0.3, -0.25) is 0 Å². The van der Waals surface area contributed by atoms with E-state index < -0.39 is 0 Å². The van der Waals surface area contributed by atoms with Crippen LogP contribution in [0.25, 0.3) is 0 Å². The summed E-state index contributed by atoms with van der Waals surface area (Å²) in [5.41, 5.74) is 0. The molecule has 4 atom stereocenters. The van der Waals surface area contributed by atoms with Crippen LogP contribution >= 0.6 is 0 Å². The minimum absolute atomic E-state index is 0.793. The second-order valence-electron chi connectivity index (χ2n) is 5.77. The highest BCUT2D eigenvalue weighted by atomic mass is 15.0. The lowest BCUT2D eigenvalue weighted by Crippen LogP contribution is -2.52. The van der Waals surface area contributed by atoms with Crippen LogP contribution in [0.1, 0.15) is 52.9 Å². The van der Waals surface area contributed by atoms with Crippen LogP contribution < -0.4 is 5.32 Å². The van der Waals surface area contributed by atoms with Crippen molar-refractivity contribution in [2.24, 2.45) is 17.8 Å². The summed E-state index contributed by atoms with van der Waals surface area (Å²) in [6.45, 7) is 7.16. The highest BCUT2D eigenvalue weighted by Gasteiger charge is 2.36. The van der Waals surface area contributed by atoms with Crippen LogP contribution in [-0.2, 0) is 0 Å². The lowest BCUT2D eigenvalue weighted by Gasteiger charge is -2.45. The normalized spacial score (nSPS) is 43.7. The maximum atomic E-state index is 3.89. The topological polar surface area (TPSA) is 12.0 Å². The first-order valence-electron chi connectivity index (χ1n) is 6.44. The Bertz CT molecular complexity index is 188. The van der Waals surface area contributed by atoms with E-state index in [1.54, 1.807) is 0 Å². The molecule has 0 aromatic rings. The summed E-state index contributed by atoms with van der Waals surface area (Å²) < 4.78 is 0.